The lowest BCUT2D eigenvalue weighted by molar-refractivity contribution is 0.589. The number of aryl methyl sites for hydroxylation is 2. The molecule has 8 heterocycles. The molecule has 4 aliphatic heterocycles. The number of para-hydroxylation sites is 4. The topological polar surface area (TPSA) is 45.9 Å². The van der Waals surface area contributed by atoms with Gasteiger partial charge in [-0.2, -0.15) is 0 Å². The first-order valence-electron chi connectivity index (χ1n) is 48.2. The van der Waals surface area contributed by atoms with E-state index in [1.807, 2.05) is 6.07 Å². The van der Waals surface area contributed by atoms with Crippen molar-refractivity contribution in [1.82, 2.24) is 9.13 Å². The van der Waals surface area contributed by atoms with Crippen LogP contribution in [-0.2, 0) is 38.9 Å². The standard InChI is InChI=1S/C62H54BN3O.C42H28BClN2O.C21H28/c1-37-34-51-57-52(35-37)66-58-45(56-59(66)43-16-10-12-19-46(43)62(56,8)9)18-14-20-48(58)63(57)47-33-32-42(36-50(47)65(51)49-21-15-23-54-55(49)44-17-11-13-22-53(44)67-54)64(40-28-24-38(25-29-40)60(2,3)4)41-30-26-39(27-31-41)61(5,6)7;1-23-20-33-39-34(21-23)46-40-27(38-41(46)25-10-4-6-13-28(25)42(38,2)3)12-8-14-30(40)43(39)29-19-18-24(44)22-32(29)45(33)31-15-9-17-36-37(31)26-11-5-7-16-35(26)47-36;1-20(2,3)18-11-7-16(8-12-18)15-17-9-13-19(14-10-17)21(4,5)6/h10-36H,1-9H3;4-22H,1-3H3;7-14H,15H2,1-6H3. The first-order chi connectivity index (χ1) is 64.8. The van der Waals surface area contributed by atoms with E-state index in [1.54, 1.807) is 0 Å². The highest BCUT2D eigenvalue weighted by atomic mass is 35.5. The monoisotopic (exact) mass is 1770 g/mol. The van der Waals surface area contributed by atoms with E-state index in [0.29, 0.717) is 0 Å². The summed E-state index contributed by atoms with van der Waals surface area (Å²) < 4.78 is 18.3. The van der Waals surface area contributed by atoms with E-state index in [1.165, 1.54) is 172 Å². The summed E-state index contributed by atoms with van der Waals surface area (Å²) in [7, 11) is 0. The van der Waals surface area contributed by atoms with Crippen LogP contribution in [0, 0.1) is 13.8 Å². The third-order valence-electron chi connectivity index (χ3n) is 30.4. The summed E-state index contributed by atoms with van der Waals surface area (Å²) in [6.07, 6.45) is 1.01. The van der Waals surface area contributed by atoms with Gasteiger partial charge in [-0.05, 0) is 251 Å². The highest BCUT2D eigenvalue weighted by Gasteiger charge is 2.51. The summed E-state index contributed by atoms with van der Waals surface area (Å²) in [4.78, 5) is 7.46. The molecule has 660 valence electrons. The minimum absolute atomic E-state index is 0.00127. The molecule has 0 saturated heterocycles. The molecule has 6 aliphatic rings. The quantitative estimate of drug-likeness (QED) is 0.149. The Balaban J connectivity index is 0.000000127. The van der Waals surface area contributed by atoms with Crippen molar-refractivity contribution in [3.8, 4) is 33.9 Å². The lowest BCUT2D eigenvalue weighted by Crippen LogP contribution is -2.60. The van der Waals surface area contributed by atoms with Gasteiger partial charge < -0.3 is 32.7 Å². The van der Waals surface area contributed by atoms with Crippen molar-refractivity contribution in [2.75, 3.05) is 14.7 Å². The molecule has 20 aromatic rings. The number of furan rings is 2. The van der Waals surface area contributed by atoms with Crippen LogP contribution in [0.15, 0.2) is 336 Å². The lowest BCUT2D eigenvalue weighted by atomic mass is 9.33. The highest BCUT2D eigenvalue weighted by molar-refractivity contribution is 7.01. The normalized spacial score (nSPS) is 14.3. The maximum absolute atomic E-state index is 6.86. The molecule has 10 heteroatoms. The molecule has 16 aromatic carbocycles. The van der Waals surface area contributed by atoms with Crippen molar-refractivity contribution >= 4 is 175 Å². The number of hydrogen-bond acceptors (Lipinski definition) is 5. The Morgan fingerprint density at radius 1 is 0.311 bits per heavy atom. The number of nitrogens with zero attached hydrogens (tertiary/aromatic N) is 5. The van der Waals surface area contributed by atoms with E-state index in [4.69, 9.17) is 20.4 Å². The second-order valence-corrected chi connectivity index (χ2v) is 44.3. The van der Waals surface area contributed by atoms with Crippen LogP contribution in [0.1, 0.15) is 178 Å². The Hall–Kier alpha value is -14.0. The summed E-state index contributed by atoms with van der Waals surface area (Å²) in [6.45, 7) is 41.4. The zero-order valence-electron chi connectivity index (χ0n) is 80.5. The van der Waals surface area contributed by atoms with E-state index >= 15 is 0 Å². The maximum atomic E-state index is 6.86. The molecular formula is C125H110B2ClN5O2. The molecule has 0 radical (unpaired) electrons. The van der Waals surface area contributed by atoms with Gasteiger partial charge in [-0.3, -0.25) is 0 Å². The van der Waals surface area contributed by atoms with Crippen molar-refractivity contribution in [1.29, 1.82) is 0 Å². The van der Waals surface area contributed by atoms with Gasteiger partial charge in [0, 0.05) is 111 Å². The minimum Gasteiger partial charge on any atom is -0.456 e. The molecule has 4 aromatic heterocycles. The molecule has 0 atom stereocenters. The Morgan fingerprint density at radius 3 is 1.08 bits per heavy atom. The second-order valence-electron chi connectivity index (χ2n) is 43.9. The average molecular weight is 1770 g/mol. The van der Waals surface area contributed by atoms with Gasteiger partial charge in [0.05, 0.1) is 33.5 Å². The Morgan fingerprint density at radius 2 is 0.659 bits per heavy atom. The van der Waals surface area contributed by atoms with Crippen molar-refractivity contribution in [2.45, 2.75) is 164 Å². The van der Waals surface area contributed by atoms with Crippen molar-refractivity contribution in [3.05, 3.63) is 399 Å². The largest absolute Gasteiger partial charge is 0.456 e. The van der Waals surface area contributed by atoms with E-state index in [2.05, 4.69) is 470 Å². The third-order valence-corrected chi connectivity index (χ3v) is 30.6. The molecule has 0 N–H and O–H groups in total. The van der Waals surface area contributed by atoms with Crippen molar-refractivity contribution in [3.63, 3.8) is 0 Å². The molecule has 0 spiro atoms. The fourth-order valence-corrected chi connectivity index (χ4v) is 24.0. The Labute approximate surface area is 798 Å². The van der Waals surface area contributed by atoms with Crippen LogP contribution >= 0.6 is 11.6 Å². The SMILES string of the molecule is CC(C)(C)c1ccc(Cc2ccc(C(C)(C)C)cc2)cc1.Cc1cc2c3c(c1)-n1c4c(c5cccc(c51)B3c1ccc(Cl)cc1N2c1cccc2oc3ccccc3c12)C(C)(C)c1ccccc1-4.Cc1cc2c3c(c1)-n1c4c(c5cccc(c51)B3c1ccc(N(c3ccc(C(C)(C)C)cc3)c3ccc(C(C)(C)C)cc3)cc1N2c1cccc2oc3ccccc3c12)C(C)(C)c1ccccc1-4. The van der Waals surface area contributed by atoms with Gasteiger partial charge in [0.25, 0.3) is 13.4 Å². The molecule has 0 fully saturated rings. The van der Waals surface area contributed by atoms with Gasteiger partial charge >= 0.3 is 0 Å². The zero-order valence-corrected chi connectivity index (χ0v) is 81.2. The van der Waals surface area contributed by atoms with Crippen LogP contribution in [0.5, 0.6) is 0 Å². The minimum atomic E-state index is -0.155. The van der Waals surface area contributed by atoms with Crippen LogP contribution in [0.4, 0.5) is 51.2 Å². The van der Waals surface area contributed by atoms with Crippen LogP contribution < -0.4 is 47.5 Å². The molecular weight excluding hydrogens is 1660 g/mol. The fraction of sp³-hybridized carbons (Fsp3) is 0.200. The predicted molar refractivity (Wildman–Crippen MR) is 575 cm³/mol. The number of anilines is 9. The maximum Gasteiger partial charge on any atom is 0.252 e. The number of rotatable bonds is 7. The lowest BCUT2D eigenvalue weighted by Gasteiger charge is -2.41. The van der Waals surface area contributed by atoms with Crippen molar-refractivity contribution in [2.24, 2.45) is 0 Å². The second kappa shape index (κ2) is 30.0. The number of aromatic nitrogens is 2. The number of halogens is 1. The average Bonchev–Trinajstić information content (AvgIpc) is 1.52. The van der Waals surface area contributed by atoms with Gasteiger partial charge in [-0.15, -0.1) is 0 Å². The van der Waals surface area contributed by atoms with E-state index in [9.17, 15) is 0 Å². The van der Waals surface area contributed by atoms with Crippen LogP contribution in [0.25, 0.3) is 99.6 Å². The number of hydrogen-bond donors (Lipinski definition) is 0. The summed E-state index contributed by atoms with van der Waals surface area (Å²) in [5.74, 6) is 0. The highest BCUT2D eigenvalue weighted by Crippen LogP contribution is 2.59. The molecule has 0 amide bonds. The molecule has 2 aliphatic carbocycles. The summed E-state index contributed by atoms with van der Waals surface area (Å²) in [6, 6.07) is 122. The fourth-order valence-electron chi connectivity index (χ4n) is 23.9. The van der Waals surface area contributed by atoms with Gasteiger partial charge in [0.2, 0.25) is 0 Å². The summed E-state index contributed by atoms with van der Waals surface area (Å²) >= 11 is 6.86. The zero-order chi connectivity index (χ0) is 92.9. The summed E-state index contributed by atoms with van der Waals surface area (Å²) in [5.41, 5.74) is 48.7. The van der Waals surface area contributed by atoms with Crippen LogP contribution in [0.2, 0.25) is 5.02 Å². The van der Waals surface area contributed by atoms with E-state index in [0.717, 1.165) is 89.4 Å². The summed E-state index contributed by atoms with van der Waals surface area (Å²) in [5, 5.41) is 7.87. The van der Waals surface area contributed by atoms with E-state index < -0.39 is 0 Å². The molecule has 26 rings (SSSR count). The van der Waals surface area contributed by atoms with Gasteiger partial charge in [-0.25, -0.2) is 0 Å². The Kier molecular flexibility index (Phi) is 18.7. The molecule has 0 unspecified atom stereocenters. The van der Waals surface area contributed by atoms with Crippen LogP contribution in [0.3, 0.4) is 0 Å². The first-order valence-corrected chi connectivity index (χ1v) is 48.5. The molecule has 0 saturated carbocycles. The molecule has 135 heavy (non-hydrogen) atoms. The number of fused-ring (bicyclic) bond motifs is 24. The van der Waals surface area contributed by atoms with Crippen LogP contribution in [-0.4, -0.2) is 22.6 Å². The van der Waals surface area contributed by atoms with Gasteiger partial charge in [0.15, 0.2) is 0 Å². The first kappa shape index (κ1) is 84.0. The molecule has 7 nitrogen and oxygen atoms in total. The van der Waals surface area contributed by atoms with Gasteiger partial charge in [0.1, 0.15) is 22.3 Å². The third kappa shape index (κ3) is 12.9. The van der Waals surface area contributed by atoms with Gasteiger partial charge in [-0.1, -0.05) is 341 Å². The number of benzene rings is 16. The van der Waals surface area contributed by atoms with Crippen molar-refractivity contribution < 1.29 is 8.83 Å². The predicted octanol–water partition coefficient (Wildman–Crippen LogP) is 30.1. The molecule has 0 bridgehead atoms. The Bertz CT molecular complexity index is 8240. The smallest absolute Gasteiger partial charge is 0.252 e. The van der Waals surface area contributed by atoms with E-state index in [-0.39, 0.29) is 45.9 Å².